The van der Waals surface area contributed by atoms with Crippen molar-refractivity contribution in [1.29, 1.82) is 0 Å². The summed E-state index contributed by atoms with van der Waals surface area (Å²) in [6.45, 7) is 19.3. The van der Waals surface area contributed by atoms with E-state index in [2.05, 4.69) is 89.5 Å². The monoisotopic (exact) mass is 858 g/mol. The number of carbonyl (C=O) groups is 4. The predicted molar refractivity (Wildman–Crippen MR) is 243 cm³/mol. The van der Waals surface area contributed by atoms with Gasteiger partial charge in [0.15, 0.2) is 0 Å². The molecule has 4 fully saturated rings. The van der Waals surface area contributed by atoms with E-state index in [9.17, 15) is 19.2 Å². The van der Waals surface area contributed by atoms with Crippen molar-refractivity contribution in [3.8, 4) is 0 Å². The van der Waals surface area contributed by atoms with Crippen LogP contribution in [0, 0.1) is 17.3 Å². The first-order valence-corrected chi connectivity index (χ1v) is 23.5. The Bertz CT molecular complexity index is 2080. The molecule has 0 amide bonds. The Balaban J connectivity index is 0.879. The molecule has 0 radical (unpaired) electrons. The summed E-state index contributed by atoms with van der Waals surface area (Å²) >= 11 is 0. The summed E-state index contributed by atoms with van der Waals surface area (Å²) in [5, 5.41) is 0. The number of benzene rings is 2. The van der Waals surface area contributed by atoms with E-state index in [1.807, 2.05) is 36.4 Å². The molecule has 0 atom stereocenters. The van der Waals surface area contributed by atoms with E-state index < -0.39 is 35.5 Å². The van der Waals surface area contributed by atoms with Gasteiger partial charge in [-0.2, -0.15) is 0 Å². The van der Waals surface area contributed by atoms with Crippen molar-refractivity contribution in [2.45, 2.75) is 155 Å². The molecule has 4 aliphatic heterocycles. The zero-order valence-corrected chi connectivity index (χ0v) is 38.6. The molecule has 336 valence electrons. The van der Waals surface area contributed by atoms with Crippen molar-refractivity contribution in [2.75, 3.05) is 22.9 Å². The summed E-state index contributed by atoms with van der Waals surface area (Å²) in [7, 11) is 0. The molecule has 10 nitrogen and oxygen atoms in total. The molecule has 0 N–H and O–H groups in total. The van der Waals surface area contributed by atoms with E-state index in [-0.39, 0.29) is 39.2 Å². The standard InChI is InChI=1S/C53H66N2O8/c1-9-11-33-54-41-19-15-13-17-39(41)50(5,6)43(54)23-21-37-45(56)60-52(61-46(37)57)29-25-35(26-30-52)49(3,4)36-27-31-53(32-28-36)62-47(58)38(48(59)63-53)22-24-44-51(7,8)40-18-14-16-20-42(40)55(44)34-12-10-2/h13-24,35-36H,9-12,25-34H2,1-8H3. The first kappa shape index (κ1) is 44.5. The lowest BCUT2D eigenvalue weighted by atomic mass is 9.60. The van der Waals surface area contributed by atoms with Crippen LogP contribution in [0.3, 0.4) is 0 Å². The van der Waals surface area contributed by atoms with Gasteiger partial charge in [-0.1, -0.05) is 105 Å². The normalized spacial score (nSPS) is 28.8. The molecule has 2 spiro atoms. The number of esters is 4. The second kappa shape index (κ2) is 16.8. The van der Waals surface area contributed by atoms with Gasteiger partial charge >= 0.3 is 23.9 Å². The van der Waals surface area contributed by atoms with Crippen LogP contribution in [0.5, 0.6) is 0 Å². The average Bonchev–Trinajstić information content (AvgIpc) is 3.59. The highest BCUT2D eigenvalue weighted by atomic mass is 16.8. The third-order valence-electron chi connectivity index (χ3n) is 15.5. The van der Waals surface area contributed by atoms with Gasteiger partial charge in [0.05, 0.1) is 0 Å². The van der Waals surface area contributed by atoms with E-state index in [1.165, 1.54) is 11.1 Å². The first-order valence-electron chi connectivity index (χ1n) is 23.5. The van der Waals surface area contributed by atoms with Crippen LogP contribution in [0.2, 0.25) is 0 Å². The SMILES string of the molecule is CCCCN1C(=CC=C2C(=O)OC3(CCC(C(C)(C)C4CCC5(CC4)OC(=O)C(=CC=C4N(CCCC)c6ccccc6C4(C)C)C(=O)O5)CC3)OC2=O)C(C)(C)c2ccccc21. The minimum absolute atomic E-state index is 0.0875. The predicted octanol–water partition coefficient (Wildman–Crippen LogP) is 10.8. The Morgan fingerprint density at radius 3 is 1.22 bits per heavy atom. The highest BCUT2D eigenvalue weighted by molar-refractivity contribution is 6.16. The number of carbonyl (C=O) groups excluding carboxylic acids is 4. The van der Waals surface area contributed by atoms with E-state index in [4.69, 9.17) is 18.9 Å². The fourth-order valence-corrected chi connectivity index (χ4v) is 11.4. The van der Waals surface area contributed by atoms with Gasteiger partial charge in [-0.25, -0.2) is 19.2 Å². The van der Waals surface area contributed by atoms with Gasteiger partial charge in [0.25, 0.3) is 11.6 Å². The molecule has 63 heavy (non-hydrogen) atoms. The molecular formula is C53H66N2O8. The zero-order chi connectivity index (χ0) is 45.0. The van der Waals surface area contributed by atoms with Gasteiger partial charge in [-0.05, 0) is 103 Å². The first-order chi connectivity index (χ1) is 30.0. The van der Waals surface area contributed by atoms with Gasteiger partial charge in [0, 0.05) is 72.4 Å². The molecule has 2 saturated carbocycles. The molecule has 2 aliphatic carbocycles. The highest BCUT2D eigenvalue weighted by Gasteiger charge is 2.54. The Kier molecular flexibility index (Phi) is 11.8. The number of nitrogens with zero attached hydrogens (tertiary/aromatic N) is 2. The highest BCUT2D eigenvalue weighted by Crippen LogP contribution is 2.54. The average molecular weight is 859 g/mol. The summed E-state index contributed by atoms with van der Waals surface area (Å²) in [6.07, 6.45) is 15.7. The Morgan fingerprint density at radius 1 is 0.556 bits per heavy atom. The number of hydrogen-bond acceptors (Lipinski definition) is 10. The van der Waals surface area contributed by atoms with Crippen molar-refractivity contribution < 1.29 is 38.1 Å². The lowest BCUT2D eigenvalue weighted by molar-refractivity contribution is -0.252. The minimum atomic E-state index is -1.27. The summed E-state index contributed by atoms with van der Waals surface area (Å²) < 4.78 is 24.1. The quantitative estimate of drug-likeness (QED) is 0.130. The number of fused-ring (bicyclic) bond motifs is 2. The number of para-hydroxylation sites is 2. The topological polar surface area (TPSA) is 112 Å². The van der Waals surface area contributed by atoms with E-state index in [1.54, 1.807) is 12.2 Å². The van der Waals surface area contributed by atoms with Crippen LogP contribution in [0.4, 0.5) is 11.4 Å². The van der Waals surface area contributed by atoms with Crippen molar-refractivity contribution in [2.24, 2.45) is 17.3 Å². The Hall–Kier alpha value is -5.12. The Morgan fingerprint density at radius 2 is 0.889 bits per heavy atom. The molecule has 0 aromatic heterocycles. The summed E-state index contributed by atoms with van der Waals surface area (Å²) in [6, 6.07) is 16.7. The van der Waals surface area contributed by atoms with Crippen LogP contribution in [-0.2, 0) is 49.0 Å². The van der Waals surface area contributed by atoms with Crippen LogP contribution in [0.1, 0.15) is 144 Å². The Labute approximate surface area is 373 Å². The van der Waals surface area contributed by atoms with Gasteiger partial charge in [0.2, 0.25) is 0 Å². The smallest absolute Gasteiger partial charge is 0.348 e. The number of ether oxygens (including phenoxy) is 4. The molecule has 0 bridgehead atoms. The summed E-state index contributed by atoms with van der Waals surface area (Å²) in [4.78, 5) is 58.8. The molecule has 2 aromatic rings. The fraction of sp³-hybridized carbons (Fsp3) is 0.547. The second-order valence-electron chi connectivity index (χ2n) is 20.3. The van der Waals surface area contributed by atoms with Gasteiger partial charge in [-0.3, -0.25) is 0 Å². The van der Waals surface area contributed by atoms with Crippen molar-refractivity contribution in [3.05, 3.63) is 107 Å². The summed E-state index contributed by atoms with van der Waals surface area (Å²) in [5.41, 5.74) is 5.89. The van der Waals surface area contributed by atoms with Crippen LogP contribution < -0.4 is 9.80 Å². The van der Waals surface area contributed by atoms with Gasteiger partial charge < -0.3 is 28.7 Å². The van der Waals surface area contributed by atoms with E-state index >= 15 is 0 Å². The third kappa shape index (κ3) is 7.94. The summed E-state index contributed by atoms with van der Waals surface area (Å²) in [5.74, 6) is -4.53. The maximum absolute atomic E-state index is 13.6. The largest absolute Gasteiger partial charge is 0.419 e. The molecule has 2 aromatic carbocycles. The lowest BCUT2D eigenvalue weighted by Gasteiger charge is -2.50. The molecular weight excluding hydrogens is 793 g/mol. The number of anilines is 2. The number of allylic oxidation sites excluding steroid dienone is 6. The minimum Gasteiger partial charge on any atom is -0.419 e. The van der Waals surface area contributed by atoms with Gasteiger partial charge in [0.1, 0.15) is 11.1 Å². The third-order valence-corrected chi connectivity index (χ3v) is 15.5. The van der Waals surface area contributed by atoms with Crippen molar-refractivity contribution >= 4 is 35.3 Å². The van der Waals surface area contributed by atoms with Crippen LogP contribution in [-0.4, -0.2) is 48.5 Å². The fourth-order valence-electron chi connectivity index (χ4n) is 11.4. The number of hydrogen-bond donors (Lipinski definition) is 0. The van der Waals surface area contributed by atoms with Crippen LogP contribution >= 0.6 is 0 Å². The molecule has 4 heterocycles. The van der Waals surface area contributed by atoms with E-state index in [0.29, 0.717) is 25.7 Å². The maximum atomic E-state index is 13.6. The van der Waals surface area contributed by atoms with Crippen LogP contribution in [0.15, 0.2) is 95.4 Å². The molecule has 10 heteroatoms. The van der Waals surface area contributed by atoms with Crippen molar-refractivity contribution in [3.63, 3.8) is 0 Å². The van der Waals surface area contributed by atoms with Gasteiger partial charge in [-0.15, -0.1) is 0 Å². The lowest BCUT2D eigenvalue weighted by Crippen LogP contribution is -2.52. The molecule has 0 unspecified atom stereocenters. The maximum Gasteiger partial charge on any atom is 0.348 e. The number of unbranched alkanes of at least 4 members (excludes halogenated alkanes) is 2. The number of rotatable bonds is 10. The molecule has 8 rings (SSSR count). The second-order valence-corrected chi connectivity index (χ2v) is 20.3. The molecule has 6 aliphatic rings. The van der Waals surface area contributed by atoms with Crippen molar-refractivity contribution in [1.82, 2.24) is 0 Å². The van der Waals surface area contributed by atoms with E-state index in [0.717, 1.165) is 87.2 Å². The zero-order valence-electron chi connectivity index (χ0n) is 38.6. The van der Waals surface area contributed by atoms with Crippen LogP contribution in [0.25, 0.3) is 0 Å². The molecule has 2 saturated heterocycles.